The van der Waals surface area contributed by atoms with Gasteiger partial charge in [0, 0.05) is 13.0 Å². The molecule has 0 amide bonds. The lowest BCUT2D eigenvalue weighted by molar-refractivity contribution is 0.0769. The minimum Gasteiger partial charge on any atom is -0.378 e. The van der Waals surface area contributed by atoms with Crippen LogP contribution in [0.2, 0.25) is 0 Å². The lowest BCUT2D eigenvalue weighted by atomic mass is 10.0. The number of Topliss-reactive ketones (excluding diaryl/α,β-unsaturated/α-hetero) is 1. The summed E-state index contributed by atoms with van der Waals surface area (Å²) in [5.41, 5.74) is -0.446. The second-order valence-electron chi connectivity index (χ2n) is 3.86. The Morgan fingerprint density at radius 2 is 2.06 bits per heavy atom. The van der Waals surface area contributed by atoms with Crippen molar-refractivity contribution >= 4 is 5.78 Å². The van der Waals surface area contributed by atoms with Gasteiger partial charge in [-0.05, 0) is 25.0 Å². The minimum absolute atomic E-state index is 0.0534. The summed E-state index contributed by atoms with van der Waals surface area (Å²) >= 11 is 0. The Hall–Kier alpha value is -1.29. The lowest BCUT2D eigenvalue weighted by Gasteiger charge is -2.09. The number of halogens is 2. The highest BCUT2D eigenvalue weighted by atomic mass is 19.1. The predicted molar refractivity (Wildman–Crippen MR) is 54.3 cm³/mol. The zero-order valence-corrected chi connectivity index (χ0v) is 8.71. The summed E-state index contributed by atoms with van der Waals surface area (Å²) in [4.78, 5) is 11.7. The third kappa shape index (κ3) is 2.27. The van der Waals surface area contributed by atoms with Gasteiger partial charge in [0.15, 0.2) is 5.78 Å². The molecule has 1 aromatic carbocycles. The van der Waals surface area contributed by atoms with E-state index in [-0.39, 0.29) is 12.5 Å². The maximum atomic E-state index is 13.3. The average Bonchev–Trinajstić information content (AvgIpc) is 2.70. The van der Waals surface area contributed by atoms with E-state index in [4.69, 9.17) is 4.74 Å². The van der Waals surface area contributed by atoms with Crippen LogP contribution in [0.4, 0.5) is 8.78 Å². The van der Waals surface area contributed by atoms with Crippen LogP contribution in [0.5, 0.6) is 0 Å². The van der Waals surface area contributed by atoms with Crippen LogP contribution in [0.25, 0.3) is 0 Å². The van der Waals surface area contributed by atoms with Crippen LogP contribution in [-0.4, -0.2) is 18.5 Å². The first-order chi connectivity index (χ1) is 7.68. The number of benzene rings is 1. The third-order valence-corrected chi connectivity index (χ3v) is 2.68. The molecular formula is C12H12F2O2. The molecule has 86 valence electrons. The van der Waals surface area contributed by atoms with Gasteiger partial charge in [-0.1, -0.05) is 6.07 Å². The van der Waals surface area contributed by atoms with Crippen molar-refractivity contribution in [2.24, 2.45) is 0 Å². The van der Waals surface area contributed by atoms with Crippen molar-refractivity contribution < 1.29 is 18.3 Å². The first-order valence-electron chi connectivity index (χ1n) is 5.27. The summed E-state index contributed by atoms with van der Waals surface area (Å²) in [6.45, 7) is 0.623. The van der Waals surface area contributed by atoms with E-state index in [9.17, 15) is 13.6 Å². The number of ether oxygens (including phenoxy) is 1. The molecule has 16 heavy (non-hydrogen) atoms. The number of rotatable bonds is 3. The van der Waals surface area contributed by atoms with Crippen LogP contribution >= 0.6 is 0 Å². The van der Waals surface area contributed by atoms with Gasteiger partial charge in [-0.2, -0.15) is 0 Å². The largest absolute Gasteiger partial charge is 0.378 e. The van der Waals surface area contributed by atoms with Crippen molar-refractivity contribution in [3.63, 3.8) is 0 Å². The second-order valence-corrected chi connectivity index (χ2v) is 3.86. The molecule has 0 bridgehead atoms. The third-order valence-electron chi connectivity index (χ3n) is 2.68. The Labute approximate surface area is 92.2 Å². The van der Waals surface area contributed by atoms with E-state index < -0.39 is 23.0 Å². The maximum absolute atomic E-state index is 13.3. The zero-order chi connectivity index (χ0) is 11.5. The number of hydrogen-bond donors (Lipinski definition) is 0. The summed E-state index contributed by atoms with van der Waals surface area (Å²) in [6.07, 6.45) is 1.55. The molecule has 1 fully saturated rings. The van der Waals surface area contributed by atoms with Gasteiger partial charge >= 0.3 is 0 Å². The molecule has 0 N–H and O–H groups in total. The molecule has 1 atom stereocenters. The van der Waals surface area contributed by atoms with Gasteiger partial charge < -0.3 is 4.74 Å². The quantitative estimate of drug-likeness (QED) is 0.741. The van der Waals surface area contributed by atoms with Gasteiger partial charge in [0.2, 0.25) is 0 Å². The molecule has 0 aromatic heterocycles. The SMILES string of the molecule is O=C(CC1CCCO1)c1c(F)cccc1F. The van der Waals surface area contributed by atoms with E-state index >= 15 is 0 Å². The molecule has 1 heterocycles. The molecule has 2 nitrogen and oxygen atoms in total. The summed E-state index contributed by atoms with van der Waals surface area (Å²) < 4.78 is 31.8. The number of carbonyl (C=O) groups excluding carboxylic acids is 1. The molecule has 1 saturated heterocycles. The van der Waals surface area contributed by atoms with Crippen LogP contribution < -0.4 is 0 Å². The number of carbonyl (C=O) groups is 1. The van der Waals surface area contributed by atoms with Crippen LogP contribution in [0.1, 0.15) is 29.6 Å². The summed E-state index contributed by atoms with van der Waals surface area (Å²) in [7, 11) is 0. The highest BCUT2D eigenvalue weighted by Crippen LogP contribution is 2.20. The van der Waals surface area contributed by atoms with E-state index in [1.807, 2.05) is 0 Å². The van der Waals surface area contributed by atoms with Crippen molar-refractivity contribution in [2.45, 2.75) is 25.4 Å². The summed E-state index contributed by atoms with van der Waals surface area (Å²) in [5.74, 6) is -2.13. The topological polar surface area (TPSA) is 26.3 Å². The fraction of sp³-hybridized carbons (Fsp3) is 0.417. The molecule has 0 aliphatic carbocycles. The van der Waals surface area contributed by atoms with Gasteiger partial charge in [-0.3, -0.25) is 4.79 Å². The molecule has 1 unspecified atom stereocenters. The van der Waals surface area contributed by atoms with Crippen LogP contribution in [0.15, 0.2) is 18.2 Å². The molecular weight excluding hydrogens is 214 g/mol. The Balaban J connectivity index is 2.13. The van der Waals surface area contributed by atoms with E-state index in [0.29, 0.717) is 6.61 Å². The van der Waals surface area contributed by atoms with Crippen molar-refractivity contribution in [3.05, 3.63) is 35.4 Å². The van der Waals surface area contributed by atoms with E-state index in [1.165, 1.54) is 6.07 Å². The van der Waals surface area contributed by atoms with E-state index in [0.717, 1.165) is 25.0 Å². The van der Waals surface area contributed by atoms with Gasteiger partial charge in [0.25, 0.3) is 0 Å². The summed E-state index contributed by atoms with van der Waals surface area (Å²) in [6, 6.07) is 3.42. The van der Waals surface area contributed by atoms with Gasteiger partial charge in [-0.25, -0.2) is 8.78 Å². The smallest absolute Gasteiger partial charge is 0.171 e. The first-order valence-corrected chi connectivity index (χ1v) is 5.27. The second kappa shape index (κ2) is 4.70. The van der Waals surface area contributed by atoms with Crippen LogP contribution in [0.3, 0.4) is 0 Å². The molecule has 0 saturated carbocycles. The highest BCUT2D eigenvalue weighted by Gasteiger charge is 2.23. The molecule has 2 rings (SSSR count). The fourth-order valence-corrected chi connectivity index (χ4v) is 1.88. The zero-order valence-electron chi connectivity index (χ0n) is 8.71. The Kier molecular flexibility index (Phi) is 3.29. The minimum atomic E-state index is -0.803. The molecule has 1 aliphatic rings. The monoisotopic (exact) mass is 226 g/mol. The van der Waals surface area contributed by atoms with E-state index in [1.54, 1.807) is 0 Å². The standard InChI is InChI=1S/C12H12F2O2/c13-9-4-1-5-10(14)12(9)11(15)7-8-3-2-6-16-8/h1,4-5,8H,2-3,6-7H2. The Morgan fingerprint density at radius 3 is 2.62 bits per heavy atom. The normalized spacial score (nSPS) is 20.0. The van der Waals surface area contributed by atoms with Crippen molar-refractivity contribution in [3.8, 4) is 0 Å². The fourth-order valence-electron chi connectivity index (χ4n) is 1.88. The lowest BCUT2D eigenvalue weighted by Crippen LogP contribution is -2.15. The van der Waals surface area contributed by atoms with Crippen molar-refractivity contribution in [1.82, 2.24) is 0 Å². The van der Waals surface area contributed by atoms with Crippen molar-refractivity contribution in [1.29, 1.82) is 0 Å². The molecule has 1 aliphatic heterocycles. The highest BCUT2D eigenvalue weighted by molar-refractivity contribution is 5.96. The first kappa shape index (κ1) is 11.2. The molecule has 0 spiro atoms. The molecule has 1 aromatic rings. The molecule has 4 heteroatoms. The Bertz CT molecular complexity index is 378. The van der Waals surface area contributed by atoms with Crippen LogP contribution in [-0.2, 0) is 4.74 Å². The van der Waals surface area contributed by atoms with Crippen molar-refractivity contribution in [2.75, 3.05) is 6.61 Å². The van der Waals surface area contributed by atoms with Gasteiger partial charge in [0.1, 0.15) is 11.6 Å². The van der Waals surface area contributed by atoms with Gasteiger partial charge in [-0.15, -0.1) is 0 Å². The summed E-state index contributed by atoms with van der Waals surface area (Å²) in [5, 5.41) is 0. The maximum Gasteiger partial charge on any atom is 0.171 e. The predicted octanol–water partition coefficient (Wildman–Crippen LogP) is 2.72. The number of ketones is 1. The average molecular weight is 226 g/mol. The van der Waals surface area contributed by atoms with Crippen LogP contribution in [0, 0.1) is 11.6 Å². The number of hydrogen-bond acceptors (Lipinski definition) is 2. The Morgan fingerprint density at radius 1 is 1.38 bits per heavy atom. The van der Waals surface area contributed by atoms with E-state index in [2.05, 4.69) is 0 Å². The van der Waals surface area contributed by atoms with Gasteiger partial charge in [0.05, 0.1) is 11.7 Å². The molecule has 0 radical (unpaired) electrons.